The van der Waals surface area contributed by atoms with Crippen LogP contribution in [0.2, 0.25) is 5.02 Å². The third kappa shape index (κ3) is 1.98. The van der Waals surface area contributed by atoms with Crippen LogP contribution in [0.15, 0.2) is 12.3 Å². The van der Waals surface area contributed by atoms with Gasteiger partial charge in [0.25, 0.3) is 0 Å². The van der Waals surface area contributed by atoms with Gasteiger partial charge in [-0.25, -0.2) is 4.98 Å². The second-order valence-electron chi connectivity index (χ2n) is 3.64. The van der Waals surface area contributed by atoms with Crippen molar-refractivity contribution in [3.8, 4) is 0 Å². The maximum atomic E-state index is 13.1. The van der Waals surface area contributed by atoms with E-state index in [0.717, 1.165) is 12.8 Å². The number of hydrogen-bond acceptors (Lipinski definition) is 2. The van der Waals surface area contributed by atoms with Crippen LogP contribution in [0, 0.1) is 5.95 Å². The Bertz CT molecular complexity index is 336. The summed E-state index contributed by atoms with van der Waals surface area (Å²) in [6.45, 7) is 0. The van der Waals surface area contributed by atoms with Crippen molar-refractivity contribution in [2.75, 3.05) is 0 Å². The molecule has 1 aliphatic carbocycles. The van der Waals surface area contributed by atoms with E-state index in [1.165, 1.54) is 6.20 Å². The highest BCUT2D eigenvalue weighted by Gasteiger charge is 2.38. The fourth-order valence-electron chi connectivity index (χ4n) is 1.31. The summed E-state index contributed by atoms with van der Waals surface area (Å²) in [4.78, 5) is 3.54. The van der Waals surface area contributed by atoms with E-state index in [0.29, 0.717) is 17.0 Å². The number of aromatic nitrogens is 1. The van der Waals surface area contributed by atoms with Crippen molar-refractivity contribution in [1.82, 2.24) is 4.98 Å². The molecule has 0 atom stereocenters. The maximum absolute atomic E-state index is 13.1. The summed E-state index contributed by atoms with van der Waals surface area (Å²) >= 11 is 5.70. The molecule has 2 N–H and O–H groups in total. The van der Waals surface area contributed by atoms with Crippen molar-refractivity contribution in [1.29, 1.82) is 0 Å². The number of rotatable bonds is 2. The molecule has 0 aromatic carbocycles. The lowest BCUT2D eigenvalue weighted by molar-refractivity contribution is 0.548. The van der Waals surface area contributed by atoms with Gasteiger partial charge in [-0.2, -0.15) is 4.39 Å². The number of halogens is 2. The molecule has 2 nitrogen and oxygen atoms in total. The van der Waals surface area contributed by atoms with Crippen LogP contribution < -0.4 is 5.73 Å². The molecule has 1 fully saturated rings. The number of pyridine rings is 1. The molecule has 13 heavy (non-hydrogen) atoms. The van der Waals surface area contributed by atoms with Gasteiger partial charge in [0.15, 0.2) is 0 Å². The fourth-order valence-corrected chi connectivity index (χ4v) is 1.49. The standard InChI is InChI=1S/C9H10ClFN2/c10-7-3-6(8(11)13-5-7)4-9(12)1-2-9/h3,5H,1-2,4,12H2. The van der Waals surface area contributed by atoms with Gasteiger partial charge in [0, 0.05) is 17.3 Å². The van der Waals surface area contributed by atoms with Crippen molar-refractivity contribution in [3.05, 3.63) is 28.8 Å². The van der Waals surface area contributed by atoms with Crippen LogP contribution in [0.4, 0.5) is 4.39 Å². The van der Waals surface area contributed by atoms with E-state index in [9.17, 15) is 4.39 Å². The van der Waals surface area contributed by atoms with Crippen molar-refractivity contribution < 1.29 is 4.39 Å². The third-order valence-electron chi connectivity index (χ3n) is 2.31. The Kier molecular flexibility index (Phi) is 2.00. The normalized spacial score (nSPS) is 18.7. The summed E-state index contributed by atoms with van der Waals surface area (Å²) in [5, 5.41) is 0.459. The molecule has 0 unspecified atom stereocenters. The predicted octanol–water partition coefficient (Wildman–Crippen LogP) is 1.91. The quantitative estimate of drug-likeness (QED) is 0.741. The van der Waals surface area contributed by atoms with E-state index < -0.39 is 5.95 Å². The van der Waals surface area contributed by atoms with Crippen LogP contribution in [0.3, 0.4) is 0 Å². The monoisotopic (exact) mass is 200 g/mol. The summed E-state index contributed by atoms with van der Waals surface area (Å²) in [5.74, 6) is -0.457. The molecule has 70 valence electrons. The first-order valence-electron chi connectivity index (χ1n) is 4.18. The minimum Gasteiger partial charge on any atom is -0.325 e. The molecule has 0 saturated heterocycles. The lowest BCUT2D eigenvalue weighted by atomic mass is 10.1. The predicted molar refractivity (Wildman–Crippen MR) is 49.1 cm³/mol. The highest BCUT2D eigenvalue weighted by atomic mass is 35.5. The molecule has 0 spiro atoms. The molecule has 1 saturated carbocycles. The zero-order valence-corrected chi connectivity index (χ0v) is 7.81. The van der Waals surface area contributed by atoms with Crippen LogP contribution in [0.5, 0.6) is 0 Å². The van der Waals surface area contributed by atoms with Gasteiger partial charge >= 0.3 is 0 Å². The van der Waals surface area contributed by atoms with Crippen LogP contribution in [0.1, 0.15) is 18.4 Å². The first-order chi connectivity index (χ1) is 6.09. The van der Waals surface area contributed by atoms with Gasteiger partial charge < -0.3 is 5.73 Å². The molecule has 0 radical (unpaired) electrons. The first kappa shape index (κ1) is 8.91. The SMILES string of the molecule is NC1(Cc2cc(Cl)cnc2F)CC1. The third-order valence-corrected chi connectivity index (χ3v) is 2.52. The number of hydrogen-bond donors (Lipinski definition) is 1. The lowest BCUT2D eigenvalue weighted by Crippen LogP contribution is -2.25. The molecule has 0 aliphatic heterocycles. The summed E-state index contributed by atoms with van der Waals surface area (Å²) in [5.41, 5.74) is 6.18. The molecule has 1 aromatic rings. The molecular formula is C9H10ClFN2. The van der Waals surface area contributed by atoms with Gasteiger partial charge in [-0.1, -0.05) is 11.6 Å². The summed E-state index contributed by atoms with van der Waals surface area (Å²) in [6.07, 6.45) is 3.75. The Labute approximate surface area is 80.9 Å². The van der Waals surface area contributed by atoms with Crippen LogP contribution in [-0.2, 0) is 6.42 Å². The molecule has 1 aromatic heterocycles. The Hall–Kier alpha value is -0.670. The van der Waals surface area contributed by atoms with Crippen molar-refractivity contribution >= 4 is 11.6 Å². The van der Waals surface area contributed by atoms with Crippen molar-refractivity contribution in [3.63, 3.8) is 0 Å². The largest absolute Gasteiger partial charge is 0.325 e. The molecule has 2 rings (SSSR count). The Morgan fingerprint density at radius 2 is 2.31 bits per heavy atom. The molecular weight excluding hydrogens is 191 g/mol. The maximum Gasteiger partial charge on any atom is 0.216 e. The van der Waals surface area contributed by atoms with Crippen LogP contribution >= 0.6 is 11.6 Å². The van der Waals surface area contributed by atoms with E-state index in [2.05, 4.69) is 4.98 Å². The van der Waals surface area contributed by atoms with Crippen LogP contribution in [-0.4, -0.2) is 10.5 Å². The van der Waals surface area contributed by atoms with Gasteiger partial charge in [-0.05, 0) is 25.3 Å². The highest BCUT2D eigenvalue weighted by Crippen LogP contribution is 2.36. The van der Waals surface area contributed by atoms with E-state index in [-0.39, 0.29) is 5.54 Å². The minimum atomic E-state index is -0.457. The average molecular weight is 201 g/mol. The topological polar surface area (TPSA) is 38.9 Å². The summed E-state index contributed by atoms with van der Waals surface area (Å²) in [7, 11) is 0. The van der Waals surface area contributed by atoms with E-state index in [4.69, 9.17) is 17.3 Å². The van der Waals surface area contributed by atoms with E-state index in [1.54, 1.807) is 6.07 Å². The van der Waals surface area contributed by atoms with Gasteiger partial charge in [0.2, 0.25) is 5.95 Å². The molecule has 1 aliphatic rings. The minimum absolute atomic E-state index is 0.201. The Balaban J connectivity index is 2.23. The zero-order chi connectivity index (χ0) is 9.47. The smallest absolute Gasteiger partial charge is 0.216 e. The lowest BCUT2D eigenvalue weighted by Gasteiger charge is -2.08. The molecule has 0 amide bonds. The first-order valence-corrected chi connectivity index (χ1v) is 4.56. The molecule has 0 bridgehead atoms. The second-order valence-corrected chi connectivity index (χ2v) is 4.08. The average Bonchev–Trinajstić information content (AvgIpc) is 2.76. The molecule has 1 heterocycles. The van der Waals surface area contributed by atoms with Crippen LogP contribution in [0.25, 0.3) is 0 Å². The van der Waals surface area contributed by atoms with Gasteiger partial charge in [0.05, 0.1) is 5.02 Å². The Morgan fingerprint density at radius 3 is 2.92 bits per heavy atom. The number of nitrogens with two attached hydrogens (primary N) is 1. The van der Waals surface area contributed by atoms with Gasteiger partial charge in [-0.15, -0.1) is 0 Å². The molecule has 4 heteroatoms. The Morgan fingerprint density at radius 1 is 1.62 bits per heavy atom. The summed E-state index contributed by atoms with van der Waals surface area (Å²) < 4.78 is 13.1. The van der Waals surface area contributed by atoms with Gasteiger partial charge in [-0.3, -0.25) is 0 Å². The van der Waals surface area contributed by atoms with E-state index >= 15 is 0 Å². The van der Waals surface area contributed by atoms with Crippen molar-refractivity contribution in [2.24, 2.45) is 5.73 Å². The second kappa shape index (κ2) is 2.93. The van der Waals surface area contributed by atoms with Gasteiger partial charge in [0.1, 0.15) is 0 Å². The zero-order valence-electron chi connectivity index (χ0n) is 7.06. The van der Waals surface area contributed by atoms with Crippen molar-refractivity contribution in [2.45, 2.75) is 24.8 Å². The summed E-state index contributed by atoms with van der Waals surface area (Å²) in [6, 6.07) is 1.59. The highest BCUT2D eigenvalue weighted by molar-refractivity contribution is 6.30. The number of nitrogens with zero attached hydrogens (tertiary/aromatic N) is 1. The van der Waals surface area contributed by atoms with E-state index in [1.807, 2.05) is 0 Å². The fraction of sp³-hybridized carbons (Fsp3) is 0.444.